The second-order valence-electron chi connectivity index (χ2n) is 4.38. The summed E-state index contributed by atoms with van der Waals surface area (Å²) in [6, 6.07) is 5.00. The molecule has 0 radical (unpaired) electrons. The standard InChI is InChI=1S/C13H16ClO3P.Na/c1-2-3-4-5-10-9-18(15,16)17-13-7-6-11(14)8-12(10)13;/h6-9H,2-5H2,1H3,(H,15,16);/q;+1/p-1. The quantitative estimate of drug-likeness (QED) is 0.477. The van der Waals surface area contributed by atoms with Crippen LogP contribution < -0.4 is 39.0 Å². The fourth-order valence-corrected chi connectivity index (χ4v) is 3.33. The molecule has 0 aromatic heterocycles. The number of fused-ring (bicyclic) bond motifs is 1. The van der Waals surface area contributed by atoms with E-state index in [0.717, 1.165) is 36.8 Å². The van der Waals surface area contributed by atoms with Crippen LogP contribution in [0, 0.1) is 0 Å². The van der Waals surface area contributed by atoms with Crippen LogP contribution >= 0.6 is 19.2 Å². The zero-order chi connectivity index (χ0) is 13.2. The summed E-state index contributed by atoms with van der Waals surface area (Å²) >= 11 is 5.94. The van der Waals surface area contributed by atoms with E-state index in [1.807, 2.05) is 0 Å². The molecule has 19 heavy (non-hydrogen) atoms. The summed E-state index contributed by atoms with van der Waals surface area (Å²) in [5.41, 5.74) is 1.59. The van der Waals surface area contributed by atoms with Crippen LogP contribution in [0.5, 0.6) is 5.75 Å². The minimum Gasteiger partial charge on any atom is -0.766 e. The van der Waals surface area contributed by atoms with Gasteiger partial charge in [-0.05, 0) is 36.6 Å². The Morgan fingerprint density at radius 1 is 1.37 bits per heavy atom. The van der Waals surface area contributed by atoms with Crippen molar-refractivity contribution in [3.05, 3.63) is 34.6 Å². The number of unbranched alkanes of at least 4 members (excludes halogenated alkanes) is 2. The Morgan fingerprint density at radius 3 is 2.79 bits per heavy atom. The minimum atomic E-state index is -3.89. The van der Waals surface area contributed by atoms with Crippen LogP contribution in [0.15, 0.2) is 24.0 Å². The van der Waals surface area contributed by atoms with Crippen molar-refractivity contribution in [3.63, 3.8) is 0 Å². The summed E-state index contributed by atoms with van der Waals surface area (Å²) in [6.45, 7) is 2.11. The summed E-state index contributed by atoms with van der Waals surface area (Å²) in [5, 5.41) is 0.585. The molecule has 1 aromatic rings. The van der Waals surface area contributed by atoms with E-state index in [4.69, 9.17) is 16.1 Å². The Labute approximate surface area is 140 Å². The molecule has 0 spiro atoms. The van der Waals surface area contributed by atoms with E-state index in [1.54, 1.807) is 18.2 Å². The third-order valence-electron chi connectivity index (χ3n) is 2.88. The first-order chi connectivity index (χ1) is 8.52. The van der Waals surface area contributed by atoms with Crippen molar-refractivity contribution in [2.75, 3.05) is 0 Å². The molecule has 1 heterocycles. The molecule has 3 nitrogen and oxygen atoms in total. The number of hydrogen-bond donors (Lipinski definition) is 0. The summed E-state index contributed by atoms with van der Waals surface area (Å²) < 4.78 is 16.6. The van der Waals surface area contributed by atoms with E-state index < -0.39 is 7.60 Å². The van der Waals surface area contributed by atoms with Crippen LogP contribution in [-0.2, 0) is 4.57 Å². The molecule has 2 rings (SSSR count). The first-order valence-electron chi connectivity index (χ1n) is 6.04. The zero-order valence-corrected chi connectivity index (χ0v) is 14.8. The maximum atomic E-state index is 11.6. The Morgan fingerprint density at radius 2 is 2.11 bits per heavy atom. The van der Waals surface area contributed by atoms with Gasteiger partial charge in [0.1, 0.15) is 5.75 Å². The van der Waals surface area contributed by atoms with Crippen LogP contribution in [-0.4, -0.2) is 0 Å². The average Bonchev–Trinajstić information content (AvgIpc) is 2.29. The molecule has 0 saturated carbocycles. The Kier molecular flexibility index (Phi) is 6.65. The van der Waals surface area contributed by atoms with Crippen molar-refractivity contribution in [1.82, 2.24) is 0 Å². The number of benzene rings is 1. The van der Waals surface area contributed by atoms with Gasteiger partial charge < -0.3 is 9.42 Å². The number of allylic oxidation sites excluding steroid dienone is 1. The van der Waals surface area contributed by atoms with Gasteiger partial charge in [-0.2, -0.15) is 0 Å². The van der Waals surface area contributed by atoms with Crippen LogP contribution in [0.4, 0.5) is 0 Å². The van der Waals surface area contributed by atoms with Crippen LogP contribution in [0.3, 0.4) is 0 Å². The molecular formula is C13H15ClNaO3P. The van der Waals surface area contributed by atoms with Gasteiger partial charge in [-0.1, -0.05) is 31.4 Å². The topological polar surface area (TPSA) is 49.4 Å². The SMILES string of the molecule is CCCCCC1=CP(=O)([O-])Oc2ccc(Cl)cc21.[Na+]. The average molecular weight is 309 g/mol. The van der Waals surface area contributed by atoms with E-state index in [2.05, 4.69) is 6.92 Å². The molecule has 0 amide bonds. The van der Waals surface area contributed by atoms with Gasteiger partial charge in [-0.3, -0.25) is 4.57 Å². The predicted molar refractivity (Wildman–Crippen MR) is 71.8 cm³/mol. The second kappa shape index (κ2) is 7.31. The summed E-state index contributed by atoms with van der Waals surface area (Å²) in [7, 11) is -3.89. The smallest absolute Gasteiger partial charge is 0.766 e. The van der Waals surface area contributed by atoms with Crippen molar-refractivity contribution < 1.29 is 43.5 Å². The molecule has 1 unspecified atom stereocenters. The molecular weight excluding hydrogens is 294 g/mol. The fraction of sp³-hybridized carbons (Fsp3) is 0.385. The van der Waals surface area contributed by atoms with E-state index in [1.165, 1.54) is 5.82 Å². The van der Waals surface area contributed by atoms with Gasteiger partial charge in [0.2, 0.25) is 7.60 Å². The first kappa shape index (κ1) is 17.3. The van der Waals surface area contributed by atoms with E-state index in [0.29, 0.717) is 10.8 Å². The molecule has 1 atom stereocenters. The molecule has 6 heteroatoms. The molecule has 0 bridgehead atoms. The van der Waals surface area contributed by atoms with Crippen molar-refractivity contribution >= 4 is 24.8 Å². The van der Waals surface area contributed by atoms with Gasteiger partial charge in [0, 0.05) is 16.4 Å². The van der Waals surface area contributed by atoms with Gasteiger partial charge in [-0.25, -0.2) is 0 Å². The molecule has 0 fully saturated rings. The minimum absolute atomic E-state index is 0. The van der Waals surface area contributed by atoms with Crippen molar-refractivity contribution in [2.45, 2.75) is 32.6 Å². The third kappa shape index (κ3) is 4.63. The Bertz CT molecular complexity index is 531. The Hall–Kier alpha value is 0.240. The van der Waals surface area contributed by atoms with Crippen LogP contribution in [0.1, 0.15) is 38.2 Å². The largest absolute Gasteiger partial charge is 1.00 e. The molecule has 0 N–H and O–H groups in total. The van der Waals surface area contributed by atoms with Gasteiger partial charge >= 0.3 is 29.6 Å². The van der Waals surface area contributed by atoms with E-state index in [-0.39, 0.29) is 29.6 Å². The molecule has 0 aliphatic carbocycles. The van der Waals surface area contributed by atoms with Gasteiger partial charge in [0.05, 0.1) is 0 Å². The first-order valence-corrected chi connectivity index (χ1v) is 8.03. The van der Waals surface area contributed by atoms with E-state index >= 15 is 0 Å². The van der Waals surface area contributed by atoms with Crippen molar-refractivity contribution in [2.24, 2.45) is 0 Å². The fourth-order valence-electron chi connectivity index (χ4n) is 2.02. The van der Waals surface area contributed by atoms with Crippen LogP contribution in [0.2, 0.25) is 5.02 Å². The maximum absolute atomic E-state index is 11.6. The van der Waals surface area contributed by atoms with E-state index in [9.17, 15) is 9.46 Å². The zero-order valence-electron chi connectivity index (χ0n) is 11.2. The summed E-state index contributed by atoms with van der Waals surface area (Å²) in [5.74, 6) is 1.62. The number of hydrogen-bond acceptors (Lipinski definition) is 3. The molecule has 1 aromatic carbocycles. The predicted octanol–water partition coefficient (Wildman–Crippen LogP) is 1.21. The van der Waals surface area contributed by atoms with Gasteiger partial charge in [0.15, 0.2) is 0 Å². The Balaban J connectivity index is 0.00000180. The number of halogens is 1. The molecule has 1 aliphatic rings. The van der Waals surface area contributed by atoms with Gasteiger partial charge in [0.25, 0.3) is 0 Å². The maximum Gasteiger partial charge on any atom is 1.00 e. The molecule has 1 aliphatic heterocycles. The second-order valence-corrected chi connectivity index (χ2v) is 6.34. The normalized spacial score (nSPS) is 20.9. The van der Waals surface area contributed by atoms with Crippen molar-refractivity contribution in [1.29, 1.82) is 0 Å². The number of rotatable bonds is 4. The summed E-state index contributed by atoms with van der Waals surface area (Å²) in [6.07, 6.45) is 3.88. The van der Waals surface area contributed by atoms with Gasteiger partial charge in [-0.15, -0.1) is 0 Å². The summed E-state index contributed by atoms with van der Waals surface area (Å²) in [4.78, 5) is 11.6. The molecule has 98 valence electrons. The van der Waals surface area contributed by atoms with Crippen LogP contribution in [0.25, 0.3) is 5.57 Å². The van der Waals surface area contributed by atoms with Crippen molar-refractivity contribution in [3.8, 4) is 5.75 Å². The third-order valence-corrected chi connectivity index (χ3v) is 4.19. The monoisotopic (exact) mass is 308 g/mol. The molecule has 0 saturated heterocycles.